The Bertz CT molecular complexity index is 424. The third-order valence-electron chi connectivity index (χ3n) is 4.23. The fraction of sp³-hybridized carbons (Fsp3) is 0.923. The van der Waals surface area contributed by atoms with Crippen molar-refractivity contribution >= 4 is 15.7 Å². The van der Waals surface area contributed by atoms with Gasteiger partial charge >= 0.3 is 0 Å². The summed E-state index contributed by atoms with van der Waals surface area (Å²) in [7, 11) is -3.03. The highest BCUT2D eigenvalue weighted by atomic mass is 32.2. The number of nitrogens with one attached hydrogen (secondary N) is 1. The van der Waals surface area contributed by atoms with Gasteiger partial charge < -0.3 is 10.4 Å². The first-order chi connectivity index (χ1) is 8.90. The molecule has 19 heavy (non-hydrogen) atoms. The van der Waals surface area contributed by atoms with Gasteiger partial charge in [0.05, 0.1) is 23.0 Å². The summed E-state index contributed by atoms with van der Waals surface area (Å²) in [5, 5.41) is 13.2. The van der Waals surface area contributed by atoms with E-state index in [1.54, 1.807) is 0 Å². The number of aliphatic hydroxyl groups is 1. The molecule has 1 atom stereocenters. The molecule has 1 unspecified atom stereocenters. The molecule has 1 saturated heterocycles. The molecule has 0 spiro atoms. The second-order valence-corrected chi connectivity index (χ2v) is 8.19. The van der Waals surface area contributed by atoms with Gasteiger partial charge in [0, 0.05) is 6.54 Å². The lowest BCUT2D eigenvalue weighted by Crippen LogP contribution is -2.44. The van der Waals surface area contributed by atoms with Crippen LogP contribution in [-0.2, 0) is 14.6 Å². The fourth-order valence-electron chi connectivity index (χ4n) is 2.96. The highest BCUT2D eigenvalue weighted by molar-refractivity contribution is 7.91. The minimum atomic E-state index is -3.03. The van der Waals surface area contributed by atoms with Gasteiger partial charge in [-0.3, -0.25) is 4.79 Å². The number of carbonyl (C=O) groups excluding carboxylic acids is 1. The molecular weight excluding hydrogens is 266 g/mol. The SMILES string of the molecule is O=C(NCC1(O)CCCCCC1)C1CCS(=O)(=O)C1. The molecule has 1 amide bonds. The highest BCUT2D eigenvalue weighted by Crippen LogP contribution is 2.26. The van der Waals surface area contributed by atoms with Crippen LogP contribution in [0.5, 0.6) is 0 Å². The van der Waals surface area contributed by atoms with Crippen LogP contribution in [0, 0.1) is 5.92 Å². The Morgan fingerprint density at radius 3 is 2.37 bits per heavy atom. The molecule has 1 aliphatic heterocycles. The van der Waals surface area contributed by atoms with Gasteiger partial charge in [0.25, 0.3) is 0 Å². The first-order valence-electron chi connectivity index (χ1n) is 7.11. The van der Waals surface area contributed by atoms with Crippen molar-refractivity contribution < 1.29 is 18.3 Å². The summed E-state index contributed by atoms with van der Waals surface area (Å²) in [6, 6.07) is 0. The van der Waals surface area contributed by atoms with Crippen molar-refractivity contribution in [1.29, 1.82) is 0 Å². The van der Waals surface area contributed by atoms with Crippen molar-refractivity contribution in [2.45, 2.75) is 50.5 Å². The van der Waals surface area contributed by atoms with E-state index in [2.05, 4.69) is 5.32 Å². The van der Waals surface area contributed by atoms with Gasteiger partial charge in [0.15, 0.2) is 9.84 Å². The molecular formula is C13H23NO4S. The second-order valence-electron chi connectivity index (χ2n) is 5.96. The third-order valence-corrected chi connectivity index (χ3v) is 6.00. The molecule has 1 saturated carbocycles. The number of hydrogen-bond donors (Lipinski definition) is 2. The summed E-state index contributed by atoms with van der Waals surface area (Å²) < 4.78 is 22.7. The van der Waals surface area contributed by atoms with Crippen LogP contribution in [0.3, 0.4) is 0 Å². The van der Waals surface area contributed by atoms with Crippen LogP contribution >= 0.6 is 0 Å². The number of carbonyl (C=O) groups is 1. The van der Waals surface area contributed by atoms with E-state index in [0.29, 0.717) is 6.42 Å². The number of amides is 1. The van der Waals surface area contributed by atoms with Gasteiger partial charge in [0.1, 0.15) is 0 Å². The lowest BCUT2D eigenvalue weighted by molar-refractivity contribution is -0.125. The molecule has 2 N–H and O–H groups in total. The molecule has 6 heteroatoms. The zero-order valence-corrected chi connectivity index (χ0v) is 12.0. The van der Waals surface area contributed by atoms with Gasteiger partial charge in [0.2, 0.25) is 5.91 Å². The van der Waals surface area contributed by atoms with E-state index in [0.717, 1.165) is 38.5 Å². The first-order valence-corrected chi connectivity index (χ1v) is 8.93. The average Bonchev–Trinajstić information content (AvgIpc) is 2.58. The molecule has 2 rings (SSSR count). The van der Waals surface area contributed by atoms with Crippen molar-refractivity contribution in [2.24, 2.45) is 5.92 Å². The van der Waals surface area contributed by atoms with Crippen LogP contribution in [-0.4, -0.2) is 43.1 Å². The van der Waals surface area contributed by atoms with E-state index in [1.807, 2.05) is 0 Å². The monoisotopic (exact) mass is 289 g/mol. The van der Waals surface area contributed by atoms with Gasteiger partial charge in [-0.25, -0.2) is 8.42 Å². The highest BCUT2D eigenvalue weighted by Gasteiger charge is 2.34. The molecule has 0 aromatic heterocycles. The predicted octanol–water partition coefficient (Wildman–Crippen LogP) is 0.623. The van der Waals surface area contributed by atoms with Crippen LogP contribution in [0.2, 0.25) is 0 Å². The molecule has 0 radical (unpaired) electrons. The Labute approximate surface area is 114 Å². The van der Waals surface area contributed by atoms with Crippen molar-refractivity contribution in [2.75, 3.05) is 18.1 Å². The molecule has 0 aromatic carbocycles. The first kappa shape index (κ1) is 14.8. The van der Waals surface area contributed by atoms with Crippen LogP contribution in [0.1, 0.15) is 44.9 Å². The van der Waals surface area contributed by atoms with E-state index in [-0.39, 0.29) is 24.0 Å². The third kappa shape index (κ3) is 4.18. The lowest BCUT2D eigenvalue weighted by Gasteiger charge is -2.27. The molecule has 0 bridgehead atoms. The quantitative estimate of drug-likeness (QED) is 0.746. The Hall–Kier alpha value is -0.620. The maximum Gasteiger partial charge on any atom is 0.224 e. The van der Waals surface area contributed by atoms with Crippen LogP contribution in [0.4, 0.5) is 0 Å². The fourth-order valence-corrected chi connectivity index (χ4v) is 4.70. The van der Waals surface area contributed by atoms with Crippen LogP contribution in [0.25, 0.3) is 0 Å². The van der Waals surface area contributed by atoms with Crippen molar-refractivity contribution in [1.82, 2.24) is 5.32 Å². The van der Waals surface area contributed by atoms with Crippen LogP contribution in [0.15, 0.2) is 0 Å². The smallest absolute Gasteiger partial charge is 0.224 e. The van der Waals surface area contributed by atoms with E-state index < -0.39 is 21.4 Å². The van der Waals surface area contributed by atoms with E-state index in [4.69, 9.17) is 0 Å². The lowest BCUT2D eigenvalue weighted by atomic mass is 9.94. The summed E-state index contributed by atoms with van der Waals surface area (Å²) in [5.74, 6) is -0.592. The van der Waals surface area contributed by atoms with E-state index in [1.165, 1.54) is 0 Å². The largest absolute Gasteiger partial charge is 0.388 e. The van der Waals surface area contributed by atoms with Gasteiger partial charge in [-0.05, 0) is 19.3 Å². The molecule has 110 valence electrons. The minimum absolute atomic E-state index is 0.0444. The zero-order valence-electron chi connectivity index (χ0n) is 11.2. The Morgan fingerprint density at radius 1 is 1.21 bits per heavy atom. The maximum atomic E-state index is 11.9. The van der Waals surface area contributed by atoms with E-state index >= 15 is 0 Å². The predicted molar refractivity (Wildman–Crippen MR) is 72.4 cm³/mol. The molecule has 5 nitrogen and oxygen atoms in total. The Morgan fingerprint density at radius 2 is 1.84 bits per heavy atom. The van der Waals surface area contributed by atoms with Crippen molar-refractivity contribution in [3.05, 3.63) is 0 Å². The summed E-state index contributed by atoms with van der Waals surface area (Å²) in [4.78, 5) is 11.9. The summed E-state index contributed by atoms with van der Waals surface area (Å²) in [6.45, 7) is 0.252. The van der Waals surface area contributed by atoms with Crippen LogP contribution < -0.4 is 5.32 Å². The molecule has 1 aliphatic carbocycles. The van der Waals surface area contributed by atoms with Gasteiger partial charge in [-0.2, -0.15) is 0 Å². The van der Waals surface area contributed by atoms with Crippen molar-refractivity contribution in [3.63, 3.8) is 0 Å². The number of sulfone groups is 1. The number of rotatable bonds is 3. The normalized spacial score (nSPS) is 29.6. The topological polar surface area (TPSA) is 83.5 Å². The average molecular weight is 289 g/mol. The van der Waals surface area contributed by atoms with Gasteiger partial charge in [-0.1, -0.05) is 25.7 Å². The molecule has 1 heterocycles. The maximum absolute atomic E-state index is 11.9. The summed E-state index contributed by atoms with van der Waals surface area (Å²) >= 11 is 0. The second kappa shape index (κ2) is 5.79. The number of hydrogen-bond acceptors (Lipinski definition) is 4. The molecule has 2 aliphatic rings. The molecule has 2 fully saturated rings. The Balaban J connectivity index is 1.83. The minimum Gasteiger partial charge on any atom is -0.388 e. The van der Waals surface area contributed by atoms with Gasteiger partial charge in [-0.15, -0.1) is 0 Å². The summed E-state index contributed by atoms with van der Waals surface area (Å²) in [5.41, 5.74) is -0.802. The standard InChI is InChI=1S/C13H23NO4S/c15-12(11-5-8-19(17,18)9-11)14-10-13(16)6-3-1-2-4-7-13/h11,16H,1-10H2,(H,14,15). The zero-order chi connectivity index (χ0) is 13.9. The van der Waals surface area contributed by atoms with E-state index in [9.17, 15) is 18.3 Å². The van der Waals surface area contributed by atoms with Crippen molar-refractivity contribution in [3.8, 4) is 0 Å². The molecule has 0 aromatic rings. The Kier molecular flexibility index (Phi) is 4.50. The summed E-state index contributed by atoms with van der Waals surface area (Å²) in [6.07, 6.45) is 6.10.